The molecule has 2 aromatic carbocycles. The molecule has 1 N–H and O–H groups in total. The van der Waals surface area contributed by atoms with Crippen LogP contribution < -0.4 is 9.62 Å². The van der Waals surface area contributed by atoms with Gasteiger partial charge in [-0.3, -0.25) is 13.9 Å². The molecule has 31 heavy (non-hydrogen) atoms. The first-order valence-corrected chi connectivity index (χ1v) is 12.2. The Balaban J connectivity index is 1.58. The highest BCUT2D eigenvalue weighted by Gasteiger charge is 2.22. The molecule has 0 unspecified atom stereocenters. The quantitative estimate of drug-likeness (QED) is 0.679. The number of hydrogen-bond donors (Lipinski definition) is 1. The number of carbonyl (C=O) groups is 2. The summed E-state index contributed by atoms with van der Waals surface area (Å²) in [4.78, 5) is 26.1. The van der Waals surface area contributed by atoms with Crippen molar-refractivity contribution in [1.82, 2.24) is 10.2 Å². The molecule has 8 heteroatoms. The monoisotopic (exact) mass is 443 g/mol. The predicted octanol–water partition coefficient (Wildman–Crippen LogP) is 2.51. The Morgan fingerprint density at radius 1 is 1.06 bits per heavy atom. The van der Waals surface area contributed by atoms with Crippen LogP contribution in [0, 0.1) is 13.8 Å². The fraction of sp³-hybridized carbons (Fsp3) is 0.391. The molecule has 0 aliphatic carbocycles. The molecule has 2 amide bonds. The fourth-order valence-corrected chi connectivity index (χ4v) is 4.37. The van der Waals surface area contributed by atoms with Gasteiger partial charge in [0.1, 0.15) is 6.54 Å². The zero-order valence-corrected chi connectivity index (χ0v) is 19.0. The van der Waals surface area contributed by atoms with E-state index < -0.39 is 10.0 Å². The van der Waals surface area contributed by atoms with Gasteiger partial charge in [0.15, 0.2) is 0 Å². The fourth-order valence-electron chi connectivity index (χ4n) is 3.52. The van der Waals surface area contributed by atoms with E-state index >= 15 is 0 Å². The third-order valence-electron chi connectivity index (χ3n) is 5.52. The Labute approximate surface area is 184 Å². The zero-order chi connectivity index (χ0) is 22.6. The van der Waals surface area contributed by atoms with Crippen LogP contribution >= 0.6 is 0 Å². The van der Waals surface area contributed by atoms with Gasteiger partial charge in [-0.05, 0) is 54.7 Å². The van der Waals surface area contributed by atoms with Gasteiger partial charge in [0.05, 0.1) is 11.9 Å². The van der Waals surface area contributed by atoms with Crippen LogP contribution in [0.4, 0.5) is 5.69 Å². The number of sulfonamides is 1. The van der Waals surface area contributed by atoms with Crippen molar-refractivity contribution in [3.63, 3.8) is 0 Å². The average Bonchev–Trinajstić information content (AvgIpc) is 3.11. The lowest BCUT2D eigenvalue weighted by Gasteiger charge is -2.22. The van der Waals surface area contributed by atoms with Crippen LogP contribution in [0.1, 0.15) is 35.1 Å². The molecule has 0 saturated carbocycles. The minimum atomic E-state index is -3.61. The summed E-state index contributed by atoms with van der Waals surface area (Å²) in [5, 5.41) is 2.79. The van der Waals surface area contributed by atoms with Crippen molar-refractivity contribution in [2.75, 3.05) is 23.7 Å². The van der Waals surface area contributed by atoms with Gasteiger partial charge in [0.2, 0.25) is 21.8 Å². The summed E-state index contributed by atoms with van der Waals surface area (Å²) in [5.74, 6) is -0.189. The first kappa shape index (κ1) is 22.8. The van der Waals surface area contributed by atoms with E-state index in [-0.39, 0.29) is 18.4 Å². The van der Waals surface area contributed by atoms with E-state index in [4.69, 9.17) is 0 Å². The molecule has 1 fully saturated rings. The van der Waals surface area contributed by atoms with Gasteiger partial charge in [-0.15, -0.1) is 0 Å². The minimum Gasteiger partial charge on any atom is -0.350 e. The summed E-state index contributed by atoms with van der Waals surface area (Å²) >= 11 is 0. The van der Waals surface area contributed by atoms with Crippen LogP contribution in [0.3, 0.4) is 0 Å². The summed E-state index contributed by atoms with van der Waals surface area (Å²) in [7, 11) is -3.61. The Morgan fingerprint density at radius 3 is 2.32 bits per heavy atom. The maximum absolute atomic E-state index is 12.5. The number of hydrogen-bond acceptors (Lipinski definition) is 4. The molecule has 0 radical (unpaired) electrons. The van der Waals surface area contributed by atoms with Crippen molar-refractivity contribution in [3.05, 3.63) is 64.7 Å². The molecule has 0 spiro atoms. The number of anilines is 1. The van der Waals surface area contributed by atoms with Gasteiger partial charge in [0, 0.05) is 26.1 Å². The summed E-state index contributed by atoms with van der Waals surface area (Å²) in [6.07, 6.45) is 2.63. The SMILES string of the molecule is Cc1ccc(N(CC(=O)NCc2ccc(CN3CCCC3=O)cc2)S(C)(=O)=O)cc1C. The predicted molar refractivity (Wildman–Crippen MR) is 121 cm³/mol. The zero-order valence-electron chi connectivity index (χ0n) is 18.2. The lowest BCUT2D eigenvalue weighted by molar-refractivity contribution is -0.128. The Kier molecular flexibility index (Phi) is 7.00. The highest BCUT2D eigenvalue weighted by molar-refractivity contribution is 7.92. The largest absolute Gasteiger partial charge is 0.350 e. The van der Waals surface area contributed by atoms with E-state index in [1.807, 2.05) is 49.1 Å². The van der Waals surface area contributed by atoms with Crippen LogP contribution in [-0.2, 0) is 32.7 Å². The van der Waals surface area contributed by atoms with Crippen molar-refractivity contribution in [3.8, 4) is 0 Å². The molecule has 1 heterocycles. The molecule has 7 nitrogen and oxygen atoms in total. The molecule has 0 aromatic heterocycles. The summed E-state index contributed by atoms with van der Waals surface area (Å²) in [5.41, 5.74) is 4.44. The van der Waals surface area contributed by atoms with Crippen molar-refractivity contribution in [2.45, 2.75) is 39.8 Å². The molecule has 1 aliphatic rings. The Bertz CT molecular complexity index is 1060. The summed E-state index contributed by atoms with van der Waals surface area (Å²) in [6, 6.07) is 13.0. The highest BCUT2D eigenvalue weighted by Crippen LogP contribution is 2.21. The van der Waals surface area contributed by atoms with Crippen LogP contribution in [-0.4, -0.2) is 44.5 Å². The number of benzene rings is 2. The van der Waals surface area contributed by atoms with Gasteiger partial charge < -0.3 is 10.2 Å². The molecular formula is C23H29N3O4S. The number of nitrogens with one attached hydrogen (secondary N) is 1. The van der Waals surface area contributed by atoms with Gasteiger partial charge in [-0.1, -0.05) is 30.3 Å². The molecule has 2 aromatic rings. The molecule has 166 valence electrons. The third-order valence-corrected chi connectivity index (χ3v) is 6.66. The second kappa shape index (κ2) is 9.51. The minimum absolute atomic E-state index is 0.190. The van der Waals surface area contributed by atoms with Crippen LogP contribution in [0.5, 0.6) is 0 Å². The molecule has 3 rings (SSSR count). The number of likely N-dealkylation sites (tertiary alicyclic amines) is 1. The van der Waals surface area contributed by atoms with Gasteiger partial charge in [0.25, 0.3) is 0 Å². The van der Waals surface area contributed by atoms with E-state index in [1.54, 1.807) is 12.1 Å². The standard InChI is InChI=1S/C23H29N3O4S/c1-17-6-11-21(13-18(17)2)26(31(3,29)30)16-22(27)24-14-19-7-9-20(10-8-19)15-25-12-4-5-23(25)28/h6-11,13H,4-5,12,14-16H2,1-3H3,(H,24,27). The van der Waals surface area contributed by atoms with Crippen molar-refractivity contribution in [1.29, 1.82) is 0 Å². The first-order valence-electron chi connectivity index (χ1n) is 10.3. The number of carbonyl (C=O) groups excluding carboxylic acids is 2. The third kappa shape index (κ3) is 6.07. The lowest BCUT2D eigenvalue weighted by atomic mass is 10.1. The van der Waals surface area contributed by atoms with E-state index in [9.17, 15) is 18.0 Å². The second-order valence-corrected chi connectivity index (χ2v) is 9.96. The smallest absolute Gasteiger partial charge is 0.241 e. The van der Waals surface area contributed by atoms with Crippen LogP contribution in [0.25, 0.3) is 0 Å². The van der Waals surface area contributed by atoms with Gasteiger partial charge in [-0.2, -0.15) is 0 Å². The van der Waals surface area contributed by atoms with Crippen molar-refractivity contribution in [2.24, 2.45) is 0 Å². The maximum Gasteiger partial charge on any atom is 0.241 e. The van der Waals surface area contributed by atoms with Gasteiger partial charge >= 0.3 is 0 Å². The van der Waals surface area contributed by atoms with Crippen molar-refractivity contribution < 1.29 is 18.0 Å². The molecule has 0 bridgehead atoms. The number of amides is 2. The first-order chi connectivity index (χ1) is 14.6. The topological polar surface area (TPSA) is 86.8 Å². The average molecular weight is 444 g/mol. The molecule has 1 aliphatic heterocycles. The molecule has 0 atom stereocenters. The summed E-state index contributed by atoms with van der Waals surface area (Å²) < 4.78 is 25.6. The molecular weight excluding hydrogens is 414 g/mol. The second-order valence-electron chi connectivity index (χ2n) is 8.05. The highest BCUT2D eigenvalue weighted by atomic mass is 32.2. The lowest BCUT2D eigenvalue weighted by Crippen LogP contribution is -2.40. The van der Waals surface area contributed by atoms with E-state index in [0.29, 0.717) is 25.2 Å². The van der Waals surface area contributed by atoms with Gasteiger partial charge in [-0.25, -0.2) is 8.42 Å². The normalized spacial score (nSPS) is 14.0. The van der Waals surface area contributed by atoms with E-state index in [1.165, 1.54) is 0 Å². The maximum atomic E-state index is 12.5. The van der Waals surface area contributed by atoms with Crippen LogP contribution in [0.2, 0.25) is 0 Å². The van der Waals surface area contributed by atoms with Crippen molar-refractivity contribution >= 4 is 27.5 Å². The summed E-state index contributed by atoms with van der Waals surface area (Å²) in [6.45, 7) is 5.27. The number of nitrogens with zero attached hydrogens (tertiary/aromatic N) is 2. The van der Waals surface area contributed by atoms with E-state index in [2.05, 4.69) is 5.32 Å². The molecule has 1 saturated heterocycles. The van der Waals surface area contributed by atoms with E-state index in [0.717, 1.165) is 45.8 Å². The number of rotatable bonds is 8. The number of aryl methyl sites for hydroxylation is 2. The Morgan fingerprint density at radius 2 is 1.74 bits per heavy atom. The Hall–Kier alpha value is -2.87. The van der Waals surface area contributed by atoms with Crippen LogP contribution in [0.15, 0.2) is 42.5 Å².